The average Bonchev–Trinajstić information content (AvgIpc) is 2.11. The second-order valence-electron chi connectivity index (χ2n) is 4.16. The van der Waals surface area contributed by atoms with Gasteiger partial charge in [-0.25, -0.2) is 0 Å². The van der Waals surface area contributed by atoms with Gasteiger partial charge < -0.3 is 15.8 Å². The van der Waals surface area contributed by atoms with Gasteiger partial charge in [0, 0.05) is 6.54 Å². The van der Waals surface area contributed by atoms with Crippen LogP contribution in [0.5, 0.6) is 0 Å². The summed E-state index contributed by atoms with van der Waals surface area (Å²) in [6, 6.07) is 0. The maximum absolute atomic E-state index is 11.6. The Morgan fingerprint density at radius 3 is 2.47 bits per heavy atom. The van der Waals surface area contributed by atoms with E-state index in [2.05, 4.69) is 5.32 Å². The molecule has 0 aliphatic heterocycles. The zero-order valence-electron chi connectivity index (χ0n) is 9.79. The lowest BCUT2D eigenvalue weighted by molar-refractivity contribution is -0.126. The van der Waals surface area contributed by atoms with Gasteiger partial charge in [-0.1, -0.05) is 12.2 Å². The first-order valence-electron chi connectivity index (χ1n) is 4.98. The lowest BCUT2D eigenvalue weighted by Gasteiger charge is -2.22. The van der Waals surface area contributed by atoms with Crippen molar-refractivity contribution in [3.8, 4) is 0 Å². The van der Waals surface area contributed by atoms with Gasteiger partial charge in [0.05, 0.1) is 23.1 Å². The van der Waals surface area contributed by atoms with Crippen molar-refractivity contribution < 1.29 is 9.53 Å². The summed E-state index contributed by atoms with van der Waals surface area (Å²) >= 11 is 4.81. The van der Waals surface area contributed by atoms with Crippen molar-refractivity contribution in [2.24, 2.45) is 11.1 Å². The van der Waals surface area contributed by atoms with Crippen LogP contribution >= 0.6 is 12.2 Å². The van der Waals surface area contributed by atoms with Crippen LogP contribution in [0.1, 0.15) is 27.7 Å². The van der Waals surface area contributed by atoms with Crippen LogP contribution in [0.25, 0.3) is 0 Å². The first kappa shape index (κ1) is 14.3. The number of rotatable bonds is 6. The van der Waals surface area contributed by atoms with Crippen molar-refractivity contribution in [1.29, 1.82) is 0 Å². The average molecular weight is 232 g/mol. The van der Waals surface area contributed by atoms with E-state index in [-0.39, 0.29) is 17.0 Å². The van der Waals surface area contributed by atoms with E-state index in [0.29, 0.717) is 13.2 Å². The summed E-state index contributed by atoms with van der Waals surface area (Å²) in [4.78, 5) is 11.8. The number of nitrogens with two attached hydrogens (primary N) is 1. The summed E-state index contributed by atoms with van der Waals surface area (Å²) in [6.45, 7) is 8.27. The molecule has 0 aromatic heterocycles. The van der Waals surface area contributed by atoms with Gasteiger partial charge in [0.15, 0.2) is 0 Å². The van der Waals surface area contributed by atoms with Crippen LogP contribution in [0.4, 0.5) is 0 Å². The van der Waals surface area contributed by atoms with E-state index in [4.69, 9.17) is 22.7 Å². The Morgan fingerprint density at radius 2 is 2.07 bits per heavy atom. The number of carbonyl (C=O) groups is 1. The minimum Gasteiger partial charge on any atom is -0.392 e. The van der Waals surface area contributed by atoms with Crippen LogP contribution in [0.3, 0.4) is 0 Å². The molecular weight excluding hydrogens is 212 g/mol. The van der Waals surface area contributed by atoms with Gasteiger partial charge in [-0.3, -0.25) is 4.79 Å². The monoisotopic (exact) mass is 232 g/mol. The first-order chi connectivity index (χ1) is 6.78. The molecule has 15 heavy (non-hydrogen) atoms. The molecule has 5 heteroatoms. The highest BCUT2D eigenvalue weighted by Crippen LogP contribution is 2.14. The zero-order valence-corrected chi connectivity index (χ0v) is 10.6. The summed E-state index contributed by atoms with van der Waals surface area (Å²) in [6.07, 6.45) is 0.172. The van der Waals surface area contributed by atoms with Crippen molar-refractivity contribution in [3.63, 3.8) is 0 Å². The van der Waals surface area contributed by atoms with Crippen LogP contribution in [0, 0.1) is 5.41 Å². The Labute approximate surface area is 96.5 Å². The number of carbonyl (C=O) groups excluding carboxylic acids is 1. The lowest BCUT2D eigenvalue weighted by atomic mass is 9.92. The van der Waals surface area contributed by atoms with Crippen LogP contribution in [-0.4, -0.2) is 30.2 Å². The van der Waals surface area contributed by atoms with Gasteiger partial charge in [0.1, 0.15) is 0 Å². The van der Waals surface area contributed by atoms with Crippen molar-refractivity contribution in [3.05, 3.63) is 0 Å². The number of thiocarbonyl (C=S) groups is 1. The quantitative estimate of drug-likeness (QED) is 0.526. The fraction of sp³-hybridized carbons (Fsp3) is 0.800. The molecular formula is C10H20N2O2S. The molecule has 0 bridgehead atoms. The number of nitrogens with one attached hydrogen (secondary N) is 1. The van der Waals surface area contributed by atoms with Gasteiger partial charge in [-0.15, -0.1) is 0 Å². The zero-order chi connectivity index (χ0) is 12.1. The minimum atomic E-state index is -0.798. The molecule has 0 aliphatic rings. The van der Waals surface area contributed by atoms with E-state index in [1.807, 2.05) is 13.8 Å². The molecule has 0 saturated carbocycles. The smallest absolute Gasteiger partial charge is 0.232 e. The highest BCUT2D eigenvalue weighted by molar-refractivity contribution is 7.80. The normalized spacial score (nSPS) is 11.5. The highest BCUT2D eigenvalue weighted by Gasteiger charge is 2.30. The Balaban J connectivity index is 3.89. The first-order valence-corrected chi connectivity index (χ1v) is 5.39. The predicted molar refractivity (Wildman–Crippen MR) is 64.7 cm³/mol. The second kappa shape index (κ2) is 6.02. The third-order valence-electron chi connectivity index (χ3n) is 2.02. The molecule has 0 fully saturated rings. The fourth-order valence-corrected chi connectivity index (χ4v) is 0.885. The van der Waals surface area contributed by atoms with Crippen LogP contribution in [0.15, 0.2) is 0 Å². The topological polar surface area (TPSA) is 64.3 Å². The number of hydrogen-bond acceptors (Lipinski definition) is 3. The Bertz CT molecular complexity index is 240. The van der Waals surface area contributed by atoms with Crippen molar-refractivity contribution in [1.82, 2.24) is 5.32 Å². The van der Waals surface area contributed by atoms with E-state index in [9.17, 15) is 4.79 Å². The molecule has 88 valence electrons. The summed E-state index contributed by atoms with van der Waals surface area (Å²) in [7, 11) is 0. The molecule has 0 saturated heterocycles. The Morgan fingerprint density at radius 1 is 1.53 bits per heavy atom. The molecule has 0 heterocycles. The van der Waals surface area contributed by atoms with Gasteiger partial charge in [0.25, 0.3) is 0 Å². The van der Waals surface area contributed by atoms with Crippen LogP contribution in [-0.2, 0) is 9.53 Å². The lowest BCUT2D eigenvalue weighted by Crippen LogP contribution is -2.45. The summed E-state index contributed by atoms with van der Waals surface area (Å²) in [5, 5.41) is 2.73. The molecule has 0 aliphatic carbocycles. The molecule has 3 N–H and O–H groups in total. The third kappa shape index (κ3) is 5.09. The largest absolute Gasteiger partial charge is 0.392 e. The fourth-order valence-electron chi connectivity index (χ4n) is 0.792. The van der Waals surface area contributed by atoms with E-state index in [0.717, 1.165) is 0 Å². The maximum atomic E-state index is 11.6. The Hall–Kier alpha value is -0.680. The maximum Gasteiger partial charge on any atom is 0.232 e. The van der Waals surface area contributed by atoms with E-state index >= 15 is 0 Å². The molecule has 0 rings (SSSR count). The molecule has 0 aromatic carbocycles. The van der Waals surface area contributed by atoms with Crippen molar-refractivity contribution >= 4 is 23.1 Å². The predicted octanol–water partition coefficient (Wildman–Crippen LogP) is 0.840. The highest BCUT2D eigenvalue weighted by atomic mass is 32.1. The molecule has 0 radical (unpaired) electrons. The standard InChI is InChI=1S/C10H20N2O2S/c1-7(2)14-6-5-12-9(13)10(3,4)8(11)15/h7H,5-6H2,1-4H3,(H2,11,15)(H,12,13). The summed E-state index contributed by atoms with van der Waals surface area (Å²) < 4.78 is 5.29. The molecule has 0 unspecified atom stereocenters. The van der Waals surface area contributed by atoms with Gasteiger partial charge in [-0.2, -0.15) is 0 Å². The van der Waals surface area contributed by atoms with Gasteiger partial charge in [-0.05, 0) is 27.7 Å². The second-order valence-corrected chi connectivity index (χ2v) is 4.60. The molecule has 4 nitrogen and oxygen atoms in total. The van der Waals surface area contributed by atoms with Crippen molar-refractivity contribution in [2.45, 2.75) is 33.8 Å². The van der Waals surface area contributed by atoms with E-state index in [1.165, 1.54) is 0 Å². The van der Waals surface area contributed by atoms with E-state index < -0.39 is 5.41 Å². The minimum absolute atomic E-state index is 0.164. The third-order valence-corrected chi connectivity index (χ3v) is 2.53. The number of amides is 1. The van der Waals surface area contributed by atoms with Crippen LogP contribution < -0.4 is 11.1 Å². The SMILES string of the molecule is CC(C)OCCNC(=O)C(C)(C)C(N)=S. The van der Waals surface area contributed by atoms with Gasteiger partial charge in [0.2, 0.25) is 5.91 Å². The van der Waals surface area contributed by atoms with E-state index in [1.54, 1.807) is 13.8 Å². The molecule has 1 amide bonds. The number of hydrogen-bond donors (Lipinski definition) is 2. The summed E-state index contributed by atoms with van der Waals surface area (Å²) in [5.74, 6) is -0.164. The van der Waals surface area contributed by atoms with Crippen LogP contribution in [0.2, 0.25) is 0 Å². The van der Waals surface area contributed by atoms with Gasteiger partial charge >= 0.3 is 0 Å². The van der Waals surface area contributed by atoms with Crippen molar-refractivity contribution in [2.75, 3.05) is 13.2 Å². The number of ether oxygens (including phenoxy) is 1. The molecule has 0 aromatic rings. The molecule has 0 spiro atoms. The Kier molecular flexibility index (Phi) is 5.75. The summed E-state index contributed by atoms with van der Waals surface area (Å²) in [5.41, 5.74) is 4.66. The molecule has 0 atom stereocenters.